The molecule has 2 aromatic carbocycles. The van der Waals surface area contributed by atoms with Crippen LogP contribution in [0, 0.1) is 0 Å². The molecule has 0 atom stereocenters. The first-order chi connectivity index (χ1) is 12.6. The van der Waals surface area contributed by atoms with Crippen LogP contribution in [0.4, 0.5) is 4.79 Å². The number of imidazole rings is 1. The highest BCUT2D eigenvalue weighted by Gasteiger charge is 2.22. The third-order valence-corrected chi connectivity index (χ3v) is 4.13. The number of ether oxygens (including phenoxy) is 1. The summed E-state index contributed by atoms with van der Waals surface area (Å²) in [6.07, 6.45) is 1.43. The lowest BCUT2D eigenvalue weighted by Crippen LogP contribution is -2.35. The van der Waals surface area contributed by atoms with Crippen molar-refractivity contribution in [1.82, 2.24) is 14.6 Å². The van der Waals surface area contributed by atoms with Gasteiger partial charge in [-0.2, -0.15) is 0 Å². The Morgan fingerprint density at radius 3 is 2.38 bits per heavy atom. The summed E-state index contributed by atoms with van der Waals surface area (Å²) in [4.78, 5) is 25.0. The van der Waals surface area contributed by atoms with Gasteiger partial charge in [0, 0.05) is 5.56 Å². The summed E-state index contributed by atoms with van der Waals surface area (Å²) in [5.41, 5.74) is 2.57. The Bertz CT molecular complexity index is 1050. The number of rotatable bonds is 4. The summed E-state index contributed by atoms with van der Waals surface area (Å²) >= 11 is 6.31. The number of fused-ring (bicyclic) bond motifs is 1. The van der Waals surface area contributed by atoms with E-state index in [0.29, 0.717) is 33.9 Å². The monoisotopic (exact) mass is 373 g/mol. The predicted molar refractivity (Wildman–Crippen MR) is 98.4 cm³/mol. The van der Waals surface area contributed by atoms with Crippen LogP contribution in [0.3, 0.4) is 0 Å². The van der Waals surface area contributed by atoms with Crippen LogP contribution in [0.5, 0.6) is 0 Å². The molecule has 0 unspecified atom stereocenters. The number of carbonyl (C=O) groups excluding carboxylic acids is 1. The number of amides is 1. The first-order valence-electron chi connectivity index (χ1n) is 7.84. The van der Waals surface area contributed by atoms with Crippen LogP contribution in [-0.4, -0.2) is 27.0 Å². The van der Waals surface area contributed by atoms with Crippen molar-refractivity contribution in [3.8, 4) is 0 Å². The van der Waals surface area contributed by atoms with E-state index >= 15 is 0 Å². The van der Waals surface area contributed by atoms with Gasteiger partial charge in [-0.15, -0.1) is 0 Å². The number of hydrogen-bond acceptors (Lipinski definition) is 4. The molecular weight excluding hydrogens is 358 g/mol. The molecule has 1 heterocycles. The molecule has 0 aliphatic carbocycles. The molecule has 0 bridgehead atoms. The third kappa shape index (κ3) is 2.98. The fourth-order valence-electron chi connectivity index (χ4n) is 2.70. The van der Waals surface area contributed by atoms with Crippen molar-refractivity contribution >= 4 is 34.4 Å². The number of carbonyl (C=O) groups is 1. The summed E-state index contributed by atoms with van der Waals surface area (Å²) < 4.78 is 7.58. The van der Waals surface area contributed by atoms with E-state index in [1.807, 2.05) is 6.92 Å². The first-order valence-corrected chi connectivity index (χ1v) is 8.22. The molecule has 1 aromatic heterocycles. The molecule has 134 valence electrons. The quantitative estimate of drug-likeness (QED) is 0.417. The van der Waals surface area contributed by atoms with Gasteiger partial charge in [-0.25, -0.2) is 19.6 Å². The Kier molecular flexibility index (Phi) is 5.11. The summed E-state index contributed by atoms with van der Waals surface area (Å²) in [5.74, 6) is 0. The lowest BCUT2D eigenvalue weighted by Gasteiger charge is -2.11. The Labute approximate surface area is 153 Å². The molecule has 0 fully saturated rings. The minimum atomic E-state index is -0.958. The standard InChI is InChI=1S/C18H16ClN3O4/c1-2-26-11-16(12-7-3-4-8-13(12)19)21-14-9-5-6-10-15(14)22(18(21)24)17(23)20-25/h3-11,25H,2H2,1H3,(H,20,23)/b16-11+. The van der Waals surface area contributed by atoms with Gasteiger partial charge in [0.1, 0.15) is 6.26 Å². The largest absolute Gasteiger partial charge is 0.499 e. The number of aromatic nitrogens is 2. The van der Waals surface area contributed by atoms with E-state index in [0.717, 1.165) is 4.57 Å². The van der Waals surface area contributed by atoms with Crippen molar-refractivity contribution in [1.29, 1.82) is 0 Å². The van der Waals surface area contributed by atoms with Gasteiger partial charge in [0.05, 0.1) is 28.4 Å². The number of benzene rings is 2. The van der Waals surface area contributed by atoms with E-state index in [1.54, 1.807) is 48.5 Å². The molecule has 3 rings (SSSR count). The Hall–Kier alpha value is -3.03. The highest BCUT2D eigenvalue weighted by atomic mass is 35.5. The molecule has 3 aromatic rings. The number of nitrogens with zero attached hydrogens (tertiary/aromatic N) is 2. The van der Waals surface area contributed by atoms with Gasteiger partial charge in [0.25, 0.3) is 0 Å². The van der Waals surface area contributed by atoms with Crippen molar-refractivity contribution in [2.75, 3.05) is 6.61 Å². The number of hydrogen-bond donors (Lipinski definition) is 2. The number of para-hydroxylation sites is 2. The van der Waals surface area contributed by atoms with E-state index in [4.69, 9.17) is 21.5 Å². The van der Waals surface area contributed by atoms with Gasteiger partial charge in [-0.1, -0.05) is 41.9 Å². The molecule has 0 saturated heterocycles. The van der Waals surface area contributed by atoms with Crippen molar-refractivity contribution in [2.45, 2.75) is 6.92 Å². The maximum Gasteiger partial charge on any atom is 0.354 e. The van der Waals surface area contributed by atoms with E-state index < -0.39 is 11.7 Å². The smallest absolute Gasteiger partial charge is 0.354 e. The molecule has 0 aliphatic rings. The number of halogens is 1. The highest BCUT2D eigenvalue weighted by molar-refractivity contribution is 6.32. The van der Waals surface area contributed by atoms with Gasteiger partial charge in [-0.05, 0) is 25.1 Å². The molecule has 0 radical (unpaired) electrons. The summed E-state index contributed by atoms with van der Waals surface area (Å²) in [6.45, 7) is 2.20. The topological polar surface area (TPSA) is 85.5 Å². The molecule has 2 N–H and O–H groups in total. The molecular formula is C18H16ClN3O4. The summed E-state index contributed by atoms with van der Waals surface area (Å²) in [5, 5.41) is 9.42. The van der Waals surface area contributed by atoms with Gasteiger partial charge >= 0.3 is 11.7 Å². The van der Waals surface area contributed by atoms with Crippen LogP contribution in [-0.2, 0) is 4.74 Å². The average molecular weight is 374 g/mol. The van der Waals surface area contributed by atoms with Crippen molar-refractivity contribution in [3.05, 3.63) is 75.9 Å². The maximum atomic E-state index is 13.0. The van der Waals surface area contributed by atoms with Crippen molar-refractivity contribution in [3.63, 3.8) is 0 Å². The Balaban J connectivity index is 2.38. The predicted octanol–water partition coefficient (Wildman–Crippen LogP) is 3.29. The average Bonchev–Trinajstić information content (AvgIpc) is 2.95. The normalized spacial score (nSPS) is 11.6. The van der Waals surface area contributed by atoms with Gasteiger partial charge in [0.2, 0.25) is 0 Å². The van der Waals surface area contributed by atoms with Gasteiger partial charge in [0.15, 0.2) is 0 Å². The summed E-state index contributed by atoms with van der Waals surface area (Å²) in [6, 6.07) is 12.8. The lowest BCUT2D eigenvalue weighted by molar-refractivity contribution is 0.163. The summed E-state index contributed by atoms with van der Waals surface area (Å²) in [7, 11) is 0. The molecule has 0 saturated carbocycles. The first kappa shape index (κ1) is 17.8. The zero-order valence-corrected chi connectivity index (χ0v) is 14.6. The van der Waals surface area contributed by atoms with Crippen LogP contribution in [0.2, 0.25) is 5.02 Å². The van der Waals surface area contributed by atoms with Crippen LogP contribution in [0.25, 0.3) is 16.7 Å². The van der Waals surface area contributed by atoms with E-state index in [2.05, 4.69) is 0 Å². The number of hydroxylamine groups is 1. The van der Waals surface area contributed by atoms with Crippen molar-refractivity contribution < 1.29 is 14.7 Å². The molecule has 26 heavy (non-hydrogen) atoms. The van der Waals surface area contributed by atoms with Gasteiger partial charge in [-0.3, -0.25) is 9.77 Å². The second-order valence-electron chi connectivity index (χ2n) is 5.30. The minimum absolute atomic E-state index is 0.332. The molecule has 7 nitrogen and oxygen atoms in total. The zero-order chi connectivity index (χ0) is 18.7. The van der Waals surface area contributed by atoms with Crippen LogP contribution < -0.4 is 11.2 Å². The Morgan fingerprint density at radius 2 is 1.77 bits per heavy atom. The molecule has 8 heteroatoms. The van der Waals surface area contributed by atoms with E-state index in [1.165, 1.54) is 16.3 Å². The second kappa shape index (κ2) is 7.47. The van der Waals surface area contributed by atoms with Crippen LogP contribution in [0.1, 0.15) is 12.5 Å². The number of nitrogens with one attached hydrogen (secondary N) is 1. The third-order valence-electron chi connectivity index (χ3n) is 3.80. The lowest BCUT2D eigenvalue weighted by atomic mass is 10.1. The highest BCUT2D eigenvalue weighted by Crippen LogP contribution is 2.27. The molecule has 1 amide bonds. The fraction of sp³-hybridized carbons (Fsp3) is 0.111. The van der Waals surface area contributed by atoms with Crippen LogP contribution in [0.15, 0.2) is 59.6 Å². The fourth-order valence-corrected chi connectivity index (χ4v) is 2.93. The van der Waals surface area contributed by atoms with Crippen LogP contribution >= 0.6 is 11.6 Å². The molecule has 0 spiro atoms. The van der Waals surface area contributed by atoms with Crippen molar-refractivity contribution in [2.24, 2.45) is 0 Å². The van der Waals surface area contributed by atoms with E-state index in [9.17, 15) is 9.59 Å². The maximum absolute atomic E-state index is 13.0. The minimum Gasteiger partial charge on any atom is -0.499 e. The van der Waals surface area contributed by atoms with E-state index in [-0.39, 0.29) is 0 Å². The SMILES string of the molecule is CCO/C=C(\c1ccccc1Cl)n1c(=O)n(C(=O)NO)c2ccccc21. The molecule has 0 aliphatic heterocycles. The zero-order valence-electron chi connectivity index (χ0n) is 13.8. The Morgan fingerprint density at radius 1 is 1.15 bits per heavy atom. The van der Waals surface area contributed by atoms with Gasteiger partial charge < -0.3 is 4.74 Å². The second-order valence-corrected chi connectivity index (χ2v) is 5.70.